The highest BCUT2D eigenvalue weighted by Crippen LogP contribution is 2.28. The Labute approximate surface area is 198 Å². The van der Waals surface area contributed by atoms with Crippen LogP contribution in [0.1, 0.15) is 20.0 Å². The fourth-order valence-corrected chi connectivity index (χ4v) is 4.86. The van der Waals surface area contributed by atoms with Crippen LogP contribution < -0.4 is 15.6 Å². The van der Waals surface area contributed by atoms with E-state index in [9.17, 15) is 22.4 Å². The Hall–Kier alpha value is -4.09. The molecule has 2 aromatic carbocycles. The molecule has 0 aliphatic rings. The summed E-state index contributed by atoms with van der Waals surface area (Å²) < 4.78 is 40.4. The lowest BCUT2D eigenvalue weighted by atomic mass is 10.2. The van der Waals surface area contributed by atoms with Crippen molar-refractivity contribution in [3.05, 3.63) is 101 Å². The number of hydrogen-bond donors (Lipinski definition) is 3. The Bertz CT molecular complexity index is 1420. The molecule has 0 saturated heterocycles. The summed E-state index contributed by atoms with van der Waals surface area (Å²) in [4.78, 5) is 29.6. The molecule has 3 N–H and O–H groups in total. The van der Waals surface area contributed by atoms with Crippen molar-refractivity contribution in [2.45, 2.75) is 4.90 Å². The molecule has 0 bridgehead atoms. The van der Waals surface area contributed by atoms with Gasteiger partial charge in [-0.2, -0.15) is 0 Å². The topological polar surface area (TPSA) is 117 Å². The van der Waals surface area contributed by atoms with Gasteiger partial charge in [0.2, 0.25) is 0 Å². The zero-order chi connectivity index (χ0) is 24.1. The quantitative estimate of drug-likeness (QED) is 0.351. The smallest absolute Gasteiger partial charge is 0.279 e. The van der Waals surface area contributed by atoms with Crippen LogP contribution >= 0.6 is 11.3 Å². The third-order valence-electron chi connectivity index (χ3n) is 4.61. The Balaban J connectivity index is 1.36. The number of hydrogen-bond acceptors (Lipinski definition) is 6. The molecule has 34 heavy (non-hydrogen) atoms. The Kier molecular flexibility index (Phi) is 6.66. The van der Waals surface area contributed by atoms with Crippen LogP contribution in [0.3, 0.4) is 0 Å². The van der Waals surface area contributed by atoms with Gasteiger partial charge in [-0.25, -0.2) is 12.8 Å². The minimum absolute atomic E-state index is 0.0307. The molecule has 2 heterocycles. The highest BCUT2D eigenvalue weighted by molar-refractivity contribution is 7.92. The molecule has 4 rings (SSSR count). The van der Waals surface area contributed by atoms with Crippen LogP contribution in [-0.2, 0) is 10.0 Å². The molecule has 172 valence electrons. The van der Waals surface area contributed by atoms with Gasteiger partial charge < -0.3 is 0 Å². The molecule has 0 radical (unpaired) electrons. The summed E-state index contributed by atoms with van der Waals surface area (Å²) in [6.07, 6.45) is 2.92. The molecule has 11 heteroatoms. The van der Waals surface area contributed by atoms with Crippen molar-refractivity contribution in [3.63, 3.8) is 0 Å². The standard InChI is InChI=1S/C23H17FN4O4S2/c24-17-5-1-15(2-6-17)20-9-10-21(33-20)23(30)27-26-22(29)16-3-7-19(8-4-16)34(31,32)28-18-11-13-25-14-12-18/h1-14H,(H,25,28)(H,26,29)(H,27,30). The number of carbonyl (C=O) groups is 2. The molecule has 0 saturated carbocycles. The Morgan fingerprint density at radius 3 is 2.12 bits per heavy atom. The van der Waals surface area contributed by atoms with Crippen LogP contribution in [0.25, 0.3) is 10.4 Å². The second-order valence-corrected chi connectivity index (χ2v) is 9.71. The normalized spacial score (nSPS) is 11.0. The monoisotopic (exact) mass is 496 g/mol. The molecule has 8 nitrogen and oxygen atoms in total. The second-order valence-electron chi connectivity index (χ2n) is 6.94. The number of anilines is 1. The Morgan fingerprint density at radius 2 is 1.44 bits per heavy atom. The number of aromatic nitrogens is 1. The average Bonchev–Trinajstić information content (AvgIpc) is 3.34. The number of nitrogens with one attached hydrogen (secondary N) is 3. The van der Waals surface area contributed by atoms with E-state index in [4.69, 9.17) is 0 Å². The van der Waals surface area contributed by atoms with Gasteiger partial charge in [0, 0.05) is 22.8 Å². The number of pyridine rings is 1. The van der Waals surface area contributed by atoms with Crippen molar-refractivity contribution >= 4 is 38.9 Å². The maximum atomic E-state index is 13.1. The molecular weight excluding hydrogens is 479 g/mol. The third-order valence-corrected chi connectivity index (χ3v) is 7.14. The first-order chi connectivity index (χ1) is 16.3. The van der Waals surface area contributed by atoms with Gasteiger partial charge in [-0.05, 0) is 66.2 Å². The molecule has 2 aromatic heterocycles. The summed E-state index contributed by atoms with van der Waals surface area (Å²) in [5.74, 6) is -1.49. The zero-order valence-corrected chi connectivity index (χ0v) is 19.0. The molecule has 0 fully saturated rings. The van der Waals surface area contributed by atoms with Gasteiger partial charge >= 0.3 is 0 Å². The van der Waals surface area contributed by atoms with E-state index in [0.717, 1.165) is 10.4 Å². The van der Waals surface area contributed by atoms with Crippen LogP contribution in [0.5, 0.6) is 0 Å². The minimum atomic E-state index is -3.84. The lowest BCUT2D eigenvalue weighted by Crippen LogP contribution is -2.41. The number of carbonyl (C=O) groups excluding carboxylic acids is 2. The first-order valence-electron chi connectivity index (χ1n) is 9.81. The summed E-state index contributed by atoms with van der Waals surface area (Å²) in [5.41, 5.74) is 5.90. The first-order valence-corrected chi connectivity index (χ1v) is 12.1. The number of sulfonamides is 1. The van der Waals surface area contributed by atoms with Crippen molar-refractivity contribution in [1.82, 2.24) is 15.8 Å². The highest BCUT2D eigenvalue weighted by Gasteiger charge is 2.16. The first kappa shape index (κ1) is 23.1. The fraction of sp³-hybridized carbons (Fsp3) is 0. The summed E-state index contributed by atoms with van der Waals surface area (Å²) in [5, 5.41) is 0. The van der Waals surface area contributed by atoms with E-state index < -0.39 is 21.8 Å². The SMILES string of the molecule is O=C(NNC(=O)c1ccc(-c2ccc(F)cc2)s1)c1ccc(S(=O)(=O)Nc2ccncc2)cc1. The number of rotatable bonds is 6. The lowest BCUT2D eigenvalue weighted by Gasteiger charge is -2.09. The van der Waals surface area contributed by atoms with Gasteiger partial charge in [0.05, 0.1) is 15.5 Å². The van der Waals surface area contributed by atoms with E-state index in [-0.39, 0.29) is 16.3 Å². The predicted molar refractivity (Wildman–Crippen MR) is 126 cm³/mol. The Morgan fingerprint density at radius 1 is 0.794 bits per heavy atom. The summed E-state index contributed by atoms with van der Waals surface area (Å²) in [6, 6.07) is 17.5. The van der Waals surface area contributed by atoms with E-state index >= 15 is 0 Å². The van der Waals surface area contributed by atoms with E-state index in [0.29, 0.717) is 10.6 Å². The summed E-state index contributed by atoms with van der Waals surface area (Å²) in [6.45, 7) is 0. The summed E-state index contributed by atoms with van der Waals surface area (Å²) in [7, 11) is -3.84. The van der Waals surface area contributed by atoms with Crippen LogP contribution in [0.4, 0.5) is 10.1 Å². The van der Waals surface area contributed by atoms with E-state index in [1.54, 1.807) is 24.3 Å². The van der Waals surface area contributed by atoms with Gasteiger partial charge in [0.25, 0.3) is 21.8 Å². The second kappa shape index (κ2) is 9.81. The molecule has 0 aliphatic heterocycles. The predicted octanol–water partition coefficient (Wildman–Crippen LogP) is 3.82. The maximum absolute atomic E-state index is 13.1. The zero-order valence-electron chi connectivity index (χ0n) is 17.4. The molecule has 0 unspecified atom stereocenters. The number of benzene rings is 2. The molecule has 0 spiro atoms. The van der Waals surface area contributed by atoms with E-state index in [2.05, 4.69) is 20.6 Å². The number of halogens is 1. The minimum Gasteiger partial charge on any atom is -0.280 e. The van der Waals surface area contributed by atoms with Crippen LogP contribution in [-0.4, -0.2) is 25.2 Å². The maximum Gasteiger partial charge on any atom is 0.279 e. The van der Waals surface area contributed by atoms with Crippen molar-refractivity contribution in [2.24, 2.45) is 0 Å². The molecule has 4 aromatic rings. The van der Waals surface area contributed by atoms with Crippen molar-refractivity contribution in [3.8, 4) is 10.4 Å². The van der Waals surface area contributed by atoms with Crippen LogP contribution in [0.2, 0.25) is 0 Å². The van der Waals surface area contributed by atoms with Crippen molar-refractivity contribution < 1.29 is 22.4 Å². The molecular formula is C23H17FN4O4S2. The summed E-state index contributed by atoms with van der Waals surface area (Å²) >= 11 is 1.19. The van der Waals surface area contributed by atoms with Gasteiger partial charge in [-0.15, -0.1) is 11.3 Å². The van der Waals surface area contributed by atoms with Gasteiger partial charge in [0.15, 0.2) is 0 Å². The molecule has 2 amide bonds. The van der Waals surface area contributed by atoms with Crippen molar-refractivity contribution in [1.29, 1.82) is 0 Å². The van der Waals surface area contributed by atoms with Crippen LogP contribution in [0, 0.1) is 5.82 Å². The number of thiophene rings is 1. The van der Waals surface area contributed by atoms with Gasteiger partial charge in [0.1, 0.15) is 5.82 Å². The lowest BCUT2D eigenvalue weighted by molar-refractivity contribution is 0.0849. The number of nitrogens with zero attached hydrogens (tertiary/aromatic N) is 1. The van der Waals surface area contributed by atoms with Crippen LogP contribution in [0.15, 0.2) is 90.1 Å². The largest absolute Gasteiger partial charge is 0.280 e. The van der Waals surface area contributed by atoms with Crippen molar-refractivity contribution in [2.75, 3.05) is 4.72 Å². The number of hydrazine groups is 1. The fourth-order valence-electron chi connectivity index (χ4n) is 2.90. The number of amides is 2. The highest BCUT2D eigenvalue weighted by atomic mass is 32.2. The van der Waals surface area contributed by atoms with E-state index in [1.807, 2.05) is 0 Å². The van der Waals surface area contributed by atoms with E-state index in [1.165, 1.54) is 72.3 Å². The van der Waals surface area contributed by atoms with Gasteiger partial charge in [-0.1, -0.05) is 12.1 Å². The average molecular weight is 497 g/mol. The molecule has 0 aliphatic carbocycles. The molecule has 0 atom stereocenters. The third kappa shape index (κ3) is 5.45. The van der Waals surface area contributed by atoms with Gasteiger partial charge in [-0.3, -0.25) is 30.1 Å².